The summed E-state index contributed by atoms with van der Waals surface area (Å²) in [7, 11) is 1.86. The van der Waals surface area contributed by atoms with Gasteiger partial charge in [0.2, 0.25) is 0 Å². The van der Waals surface area contributed by atoms with E-state index in [1.165, 1.54) is 11.1 Å². The number of hydrogen-bond donors (Lipinski definition) is 3. The molecule has 0 radical (unpaired) electrons. The van der Waals surface area contributed by atoms with Crippen molar-refractivity contribution < 1.29 is 4.74 Å². The highest BCUT2D eigenvalue weighted by molar-refractivity contribution is 6.30. The average Bonchev–Trinajstić information content (AvgIpc) is 2.46. The lowest BCUT2D eigenvalue weighted by molar-refractivity contribution is -0.0949. The summed E-state index contributed by atoms with van der Waals surface area (Å²) in [4.78, 5) is 0. The van der Waals surface area contributed by atoms with Crippen LogP contribution in [-0.2, 0) is 16.8 Å². The maximum Gasteiger partial charge on any atom is 0.0967 e. The van der Waals surface area contributed by atoms with E-state index in [1.807, 2.05) is 19.3 Å². The summed E-state index contributed by atoms with van der Waals surface area (Å²) in [6.45, 7) is 2.93. The van der Waals surface area contributed by atoms with Crippen LogP contribution in [0.25, 0.3) is 0 Å². The summed E-state index contributed by atoms with van der Waals surface area (Å²) in [6.07, 6.45) is 4.57. The minimum atomic E-state index is -0.264. The number of rotatable bonds is 2. The van der Waals surface area contributed by atoms with Crippen molar-refractivity contribution in [2.45, 2.75) is 43.9 Å². The molecule has 2 heterocycles. The monoisotopic (exact) mass is 321 g/mol. The topological polar surface area (TPSA) is 59.3 Å². The molecule has 1 fully saturated rings. The SMILES string of the molecule is CN/C=C(\N)[C@@H]1C[C@]2(C[C@H](C)N1)OCCc1cc(Cl)ccc12. The smallest absolute Gasteiger partial charge is 0.0967 e. The van der Waals surface area contributed by atoms with E-state index < -0.39 is 0 Å². The standard InChI is InChI=1S/C17H24ClN3O/c1-11-8-17(9-16(21-11)15(19)10-20-2)14-4-3-13(18)7-12(14)5-6-22-17/h3-4,7,10-11,16,20-21H,5-6,8-9,19H2,1-2H3/b15-10-/t11-,16-,17-/m0/s1. The lowest BCUT2D eigenvalue weighted by Crippen LogP contribution is -2.55. The van der Waals surface area contributed by atoms with Crippen molar-refractivity contribution in [3.8, 4) is 0 Å². The number of hydrogen-bond acceptors (Lipinski definition) is 4. The maximum atomic E-state index is 6.32. The average molecular weight is 322 g/mol. The molecule has 1 aromatic carbocycles. The van der Waals surface area contributed by atoms with Crippen LogP contribution in [0.3, 0.4) is 0 Å². The lowest BCUT2D eigenvalue weighted by Gasteiger charge is -2.47. The quantitative estimate of drug-likeness (QED) is 0.782. The molecule has 0 saturated carbocycles. The van der Waals surface area contributed by atoms with Gasteiger partial charge in [0.1, 0.15) is 0 Å². The number of piperidine rings is 1. The van der Waals surface area contributed by atoms with Gasteiger partial charge in [0.05, 0.1) is 18.2 Å². The van der Waals surface area contributed by atoms with Gasteiger partial charge in [-0.15, -0.1) is 0 Å². The van der Waals surface area contributed by atoms with Crippen molar-refractivity contribution in [3.05, 3.63) is 46.2 Å². The number of nitrogens with two attached hydrogens (primary N) is 1. The third-order valence-electron chi connectivity index (χ3n) is 4.68. The summed E-state index contributed by atoms with van der Waals surface area (Å²) in [5, 5.41) is 7.38. The van der Waals surface area contributed by atoms with Crippen LogP contribution >= 0.6 is 11.6 Å². The minimum absolute atomic E-state index is 0.109. The van der Waals surface area contributed by atoms with Crippen molar-refractivity contribution in [3.63, 3.8) is 0 Å². The Balaban J connectivity index is 1.98. The first-order chi connectivity index (χ1) is 10.5. The van der Waals surface area contributed by atoms with Gasteiger partial charge in [0, 0.05) is 36.4 Å². The van der Waals surface area contributed by atoms with Crippen molar-refractivity contribution in [2.24, 2.45) is 5.73 Å². The molecule has 3 atom stereocenters. The van der Waals surface area contributed by atoms with Crippen molar-refractivity contribution in [1.29, 1.82) is 0 Å². The van der Waals surface area contributed by atoms with E-state index in [0.29, 0.717) is 6.04 Å². The molecule has 0 aromatic heterocycles. The zero-order valence-corrected chi connectivity index (χ0v) is 13.9. The third kappa shape index (κ3) is 2.83. The van der Waals surface area contributed by atoms with E-state index in [4.69, 9.17) is 22.1 Å². The highest BCUT2D eigenvalue weighted by Gasteiger charge is 2.44. The molecule has 3 rings (SSSR count). The number of fused-ring (bicyclic) bond motifs is 2. The fourth-order valence-corrected chi connectivity index (χ4v) is 4.03. The molecule has 1 saturated heterocycles. The van der Waals surface area contributed by atoms with Gasteiger partial charge in [0.15, 0.2) is 0 Å². The Morgan fingerprint density at radius 3 is 3.09 bits per heavy atom. The molecule has 0 bridgehead atoms. The first-order valence-electron chi connectivity index (χ1n) is 7.86. The van der Waals surface area contributed by atoms with E-state index in [0.717, 1.165) is 36.6 Å². The second-order valence-corrected chi connectivity index (χ2v) is 6.79. The minimum Gasteiger partial charge on any atom is -0.400 e. The van der Waals surface area contributed by atoms with Gasteiger partial charge in [-0.25, -0.2) is 0 Å². The number of nitrogens with one attached hydrogen (secondary N) is 2. The normalized spacial score (nSPS) is 31.9. The number of benzene rings is 1. The Bertz CT molecular complexity index is 589. The largest absolute Gasteiger partial charge is 0.400 e. The predicted octanol–water partition coefficient (Wildman–Crippen LogP) is 2.27. The Labute approximate surface area is 137 Å². The van der Waals surface area contributed by atoms with E-state index >= 15 is 0 Å². The van der Waals surface area contributed by atoms with Crippen LogP contribution in [0.15, 0.2) is 30.1 Å². The fraction of sp³-hybridized carbons (Fsp3) is 0.529. The molecule has 4 nitrogen and oxygen atoms in total. The maximum absolute atomic E-state index is 6.32. The molecule has 1 spiro atoms. The van der Waals surface area contributed by atoms with E-state index in [-0.39, 0.29) is 11.6 Å². The van der Waals surface area contributed by atoms with Crippen LogP contribution < -0.4 is 16.4 Å². The highest BCUT2D eigenvalue weighted by Crippen LogP contribution is 2.44. The van der Waals surface area contributed by atoms with E-state index in [1.54, 1.807) is 0 Å². The molecule has 0 amide bonds. The van der Waals surface area contributed by atoms with Gasteiger partial charge in [-0.3, -0.25) is 0 Å². The van der Waals surface area contributed by atoms with Crippen LogP contribution in [0.4, 0.5) is 0 Å². The molecule has 22 heavy (non-hydrogen) atoms. The van der Waals surface area contributed by atoms with E-state index in [2.05, 4.69) is 29.7 Å². The van der Waals surface area contributed by atoms with Crippen molar-refractivity contribution >= 4 is 11.6 Å². The van der Waals surface area contributed by atoms with Gasteiger partial charge < -0.3 is 21.1 Å². The Hall–Kier alpha value is -1.23. The van der Waals surface area contributed by atoms with Crippen LogP contribution in [0, 0.1) is 0 Å². The van der Waals surface area contributed by atoms with Gasteiger partial charge in [-0.05, 0) is 43.0 Å². The Kier molecular flexibility index (Phi) is 4.35. The summed E-state index contributed by atoms with van der Waals surface area (Å²) in [5.41, 5.74) is 9.35. The second kappa shape index (κ2) is 6.11. The van der Waals surface area contributed by atoms with Gasteiger partial charge in [-0.1, -0.05) is 17.7 Å². The fourth-order valence-electron chi connectivity index (χ4n) is 3.84. The first kappa shape index (κ1) is 15.7. The molecule has 4 N–H and O–H groups in total. The Morgan fingerprint density at radius 1 is 1.50 bits per heavy atom. The lowest BCUT2D eigenvalue weighted by atomic mass is 9.75. The van der Waals surface area contributed by atoms with Crippen LogP contribution in [-0.4, -0.2) is 25.7 Å². The summed E-state index contributed by atoms with van der Waals surface area (Å²) >= 11 is 6.16. The van der Waals surface area contributed by atoms with Gasteiger partial charge in [0.25, 0.3) is 0 Å². The molecule has 5 heteroatoms. The number of halogens is 1. The number of ether oxygens (including phenoxy) is 1. The molecular formula is C17H24ClN3O. The molecule has 120 valence electrons. The Morgan fingerprint density at radius 2 is 2.32 bits per heavy atom. The van der Waals surface area contributed by atoms with Crippen LogP contribution in [0.1, 0.15) is 30.9 Å². The zero-order valence-electron chi connectivity index (χ0n) is 13.2. The van der Waals surface area contributed by atoms with E-state index in [9.17, 15) is 0 Å². The van der Waals surface area contributed by atoms with Gasteiger partial charge >= 0.3 is 0 Å². The molecule has 2 aliphatic rings. The summed E-state index contributed by atoms with van der Waals surface area (Å²) < 4.78 is 6.32. The van der Waals surface area contributed by atoms with Crippen molar-refractivity contribution in [2.75, 3.05) is 13.7 Å². The summed E-state index contributed by atoms with van der Waals surface area (Å²) in [5.74, 6) is 0. The summed E-state index contributed by atoms with van der Waals surface area (Å²) in [6, 6.07) is 6.62. The zero-order chi connectivity index (χ0) is 15.7. The molecule has 2 aliphatic heterocycles. The van der Waals surface area contributed by atoms with Crippen LogP contribution in [0.2, 0.25) is 5.02 Å². The third-order valence-corrected chi connectivity index (χ3v) is 4.91. The van der Waals surface area contributed by atoms with Gasteiger partial charge in [-0.2, -0.15) is 0 Å². The highest BCUT2D eigenvalue weighted by atomic mass is 35.5. The predicted molar refractivity (Wildman–Crippen MR) is 89.7 cm³/mol. The van der Waals surface area contributed by atoms with Crippen molar-refractivity contribution in [1.82, 2.24) is 10.6 Å². The van der Waals surface area contributed by atoms with Crippen LogP contribution in [0.5, 0.6) is 0 Å². The first-order valence-corrected chi connectivity index (χ1v) is 8.23. The molecule has 0 aliphatic carbocycles. The second-order valence-electron chi connectivity index (χ2n) is 6.36. The molecule has 0 unspecified atom stereocenters. The molecular weight excluding hydrogens is 298 g/mol. The molecule has 1 aromatic rings.